The summed E-state index contributed by atoms with van der Waals surface area (Å²) in [6, 6.07) is 9.03. The van der Waals surface area contributed by atoms with Gasteiger partial charge in [-0.15, -0.1) is 0 Å². The van der Waals surface area contributed by atoms with E-state index in [1.807, 2.05) is 5.32 Å². The first kappa shape index (κ1) is 23.4. The molecule has 9 nitrogen and oxygen atoms in total. The highest BCUT2D eigenvalue weighted by Crippen LogP contribution is 2.35. The third-order valence-corrected chi connectivity index (χ3v) is 5.49. The number of fused-ring (bicyclic) bond motifs is 2. The SMILES string of the molecule is Nc1ncnn2cc(C(=O)NCC(F)(F)F)c(-c3ccc(Nc4nc5ccc(Cl)cc5[nH]4)c(F)c3)c12. The molecular weight excluding hydrogens is 504 g/mol. The molecule has 0 fully saturated rings. The molecule has 0 spiro atoms. The Morgan fingerprint density at radius 1 is 1.19 bits per heavy atom. The van der Waals surface area contributed by atoms with Gasteiger partial charge >= 0.3 is 6.18 Å². The summed E-state index contributed by atoms with van der Waals surface area (Å²) in [6.45, 7) is -1.54. The lowest BCUT2D eigenvalue weighted by atomic mass is 10.0. The first-order chi connectivity index (χ1) is 17.1. The van der Waals surface area contributed by atoms with Gasteiger partial charge in [-0.1, -0.05) is 17.7 Å². The maximum Gasteiger partial charge on any atom is 0.405 e. The van der Waals surface area contributed by atoms with Crippen LogP contribution in [0.15, 0.2) is 48.9 Å². The lowest BCUT2D eigenvalue weighted by Crippen LogP contribution is -2.33. The van der Waals surface area contributed by atoms with Crippen LogP contribution in [0.4, 0.5) is 35.0 Å². The number of rotatable bonds is 5. The smallest absolute Gasteiger partial charge is 0.382 e. The molecule has 0 aliphatic heterocycles. The molecule has 36 heavy (non-hydrogen) atoms. The number of amides is 1. The lowest BCUT2D eigenvalue weighted by Gasteiger charge is -2.11. The summed E-state index contributed by atoms with van der Waals surface area (Å²) in [5.41, 5.74) is 7.49. The number of alkyl halides is 3. The molecule has 2 aromatic carbocycles. The van der Waals surface area contributed by atoms with Gasteiger partial charge in [0.15, 0.2) is 5.82 Å². The molecule has 0 radical (unpaired) electrons. The van der Waals surface area contributed by atoms with Gasteiger partial charge in [0.2, 0.25) is 5.95 Å². The summed E-state index contributed by atoms with van der Waals surface area (Å²) in [7, 11) is 0. The predicted molar refractivity (Wildman–Crippen MR) is 126 cm³/mol. The minimum atomic E-state index is -4.62. The number of aromatic amines is 1. The molecule has 14 heteroatoms. The van der Waals surface area contributed by atoms with Crippen LogP contribution in [-0.2, 0) is 0 Å². The maximum absolute atomic E-state index is 15.1. The second-order valence-corrected chi connectivity index (χ2v) is 8.16. The standard InChI is InChI=1S/C22H15ClF4N8O/c23-11-2-4-15-16(6-11)34-21(33-15)32-14-3-1-10(5-13(14)24)17-12(20(36)29-8-22(25,26)27)7-35-18(17)19(28)30-9-31-35/h1-7,9H,8H2,(H,29,36)(H2,28,30,31)(H2,32,33,34). The van der Waals surface area contributed by atoms with Crippen LogP contribution in [0.25, 0.3) is 27.7 Å². The van der Waals surface area contributed by atoms with E-state index in [1.165, 1.54) is 22.8 Å². The Bertz CT molecular complexity index is 1630. The van der Waals surface area contributed by atoms with Crippen molar-refractivity contribution in [2.45, 2.75) is 6.18 Å². The van der Waals surface area contributed by atoms with Gasteiger partial charge in [-0.25, -0.2) is 18.9 Å². The van der Waals surface area contributed by atoms with Crippen molar-refractivity contribution in [2.75, 3.05) is 17.6 Å². The molecule has 3 aromatic heterocycles. The molecule has 1 amide bonds. The largest absolute Gasteiger partial charge is 0.405 e. The Hall–Kier alpha value is -4.39. The van der Waals surface area contributed by atoms with E-state index in [1.54, 1.807) is 18.2 Å². The van der Waals surface area contributed by atoms with Crippen molar-refractivity contribution >= 4 is 51.5 Å². The molecule has 0 aliphatic carbocycles. The van der Waals surface area contributed by atoms with Crippen molar-refractivity contribution in [3.8, 4) is 11.1 Å². The van der Waals surface area contributed by atoms with Crippen LogP contribution in [0.5, 0.6) is 0 Å². The molecular formula is C22H15ClF4N8O. The van der Waals surface area contributed by atoms with Gasteiger partial charge in [-0.05, 0) is 35.9 Å². The number of nitrogens with zero attached hydrogens (tertiary/aromatic N) is 4. The van der Waals surface area contributed by atoms with Gasteiger partial charge in [0, 0.05) is 16.8 Å². The molecule has 5 N–H and O–H groups in total. The number of nitrogens with one attached hydrogen (secondary N) is 3. The van der Waals surface area contributed by atoms with E-state index in [9.17, 15) is 18.0 Å². The van der Waals surface area contributed by atoms with Crippen LogP contribution in [0.2, 0.25) is 5.02 Å². The number of hydrogen-bond donors (Lipinski definition) is 4. The molecule has 5 aromatic rings. The minimum Gasteiger partial charge on any atom is -0.382 e. The molecule has 0 unspecified atom stereocenters. The van der Waals surface area contributed by atoms with E-state index >= 15 is 4.39 Å². The molecule has 184 valence electrons. The van der Waals surface area contributed by atoms with Crippen molar-refractivity contribution in [1.82, 2.24) is 29.9 Å². The van der Waals surface area contributed by atoms with Gasteiger partial charge in [-0.3, -0.25) is 4.79 Å². The van der Waals surface area contributed by atoms with Crippen molar-refractivity contribution in [1.29, 1.82) is 0 Å². The van der Waals surface area contributed by atoms with Gasteiger partial charge in [-0.2, -0.15) is 18.3 Å². The van der Waals surface area contributed by atoms with E-state index < -0.39 is 24.4 Å². The number of carbonyl (C=O) groups is 1. The summed E-state index contributed by atoms with van der Waals surface area (Å²) >= 11 is 5.98. The lowest BCUT2D eigenvalue weighted by molar-refractivity contribution is -0.123. The maximum atomic E-state index is 15.1. The van der Waals surface area contributed by atoms with Crippen LogP contribution in [0.1, 0.15) is 10.4 Å². The molecule has 0 saturated carbocycles. The molecule has 5 rings (SSSR count). The fourth-order valence-electron chi connectivity index (χ4n) is 3.72. The second-order valence-electron chi connectivity index (χ2n) is 7.72. The van der Waals surface area contributed by atoms with Crippen molar-refractivity contribution in [2.24, 2.45) is 0 Å². The van der Waals surface area contributed by atoms with Crippen LogP contribution >= 0.6 is 11.6 Å². The first-order valence-corrected chi connectivity index (χ1v) is 10.7. The Morgan fingerprint density at radius 3 is 2.75 bits per heavy atom. The van der Waals surface area contributed by atoms with Gasteiger partial charge in [0.25, 0.3) is 5.91 Å². The predicted octanol–water partition coefficient (Wildman–Crippen LogP) is 4.68. The Kier molecular flexibility index (Phi) is 5.63. The Morgan fingerprint density at radius 2 is 2.00 bits per heavy atom. The summed E-state index contributed by atoms with van der Waals surface area (Å²) in [6.07, 6.45) is -2.29. The number of halogens is 5. The molecule has 0 aliphatic rings. The summed E-state index contributed by atoms with van der Waals surface area (Å²) in [4.78, 5) is 23.8. The number of imidazole rings is 1. The average molecular weight is 519 g/mol. The van der Waals surface area contributed by atoms with E-state index in [0.717, 1.165) is 12.4 Å². The van der Waals surface area contributed by atoms with E-state index in [2.05, 4.69) is 25.4 Å². The summed E-state index contributed by atoms with van der Waals surface area (Å²) in [5, 5.41) is 9.11. The first-order valence-electron chi connectivity index (χ1n) is 10.3. The van der Waals surface area contributed by atoms with Crippen LogP contribution in [0, 0.1) is 5.82 Å². The molecule has 0 atom stereocenters. The molecule has 0 bridgehead atoms. The number of anilines is 3. The van der Waals surface area contributed by atoms with Crippen LogP contribution in [0.3, 0.4) is 0 Å². The fourth-order valence-corrected chi connectivity index (χ4v) is 3.89. The highest BCUT2D eigenvalue weighted by Gasteiger charge is 2.29. The second kappa shape index (κ2) is 8.68. The number of nitrogen functional groups attached to an aromatic ring is 1. The number of H-pyrrole nitrogens is 1. The highest BCUT2D eigenvalue weighted by atomic mass is 35.5. The quantitative estimate of drug-likeness (QED) is 0.250. The normalized spacial score (nSPS) is 11.8. The van der Waals surface area contributed by atoms with Crippen LogP contribution < -0.4 is 16.4 Å². The van der Waals surface area contributed by atoms with Crippen molar-refractivity contribution < 1.29 is 22.4 Å². The zero-order valence-corrected chi connectivity index (χ0v) is 18.7. The summed E-state index contributed by atoms with van der Waals surface area (Å²) < 4.78 is 54.3. The summed E-state index contributed by atoms with van der Waals surface area (Å²) in [5.74, 6) is -1.53. The molecule has 0 saturated heterocycles. The number of aromatic nitrogens is 5. The highest BCUT2D eigenvalue weighted by molar-refractivity contribution is 6.31. The number of hydrogen-bond acceptors (Lipinski definition) is 6. The topological polar surface area (TPSA) is 126 Å². The third-order valence-electron chi connectivity index (χ3n) is 5.25. The van der Waals surface area contributed by atoms with E-state index in [0.29, 0.717) is 16.1 Å². The Labute approximate surface area is 204 Å². The van der Waals surface area contributed by atoms with E-state index in [-0.39, 0.29) is 39.7 Å². The average Bonchev–Trinajstić information content (AvgIpc) is 3.40. The zero-order chi connectivity index (χ0) is 25.6. The monoisotopic (exact) mass is 518 g/mol. The van der Waals surface area contributed by atoms with Crippen LogP contribution in [-0.4, -0.2) is 43.2 Å². The number of nitrogens with two attached hydrogens (primary N) is 1. The van der Waals surface area contributed by atoms with Gasteiger partial charge in [0.05, 0.1) is 22.3 Å². The van der Waals surface area contributed by atoms with Crippen molar-refractivity contribution in [3.63, 3.8) is 0 Å². The van der Waals surface area contributed by atoms with E-state index in [4.69, 9.17) is 17.3 Å². The number of benzene rings is 2. The third kappa shape index (κ3) is 4.47. The minimum absolute atomic E-state index is 0.0431. The van der Waals surface area contributed by atoms with Crippen molar-refractivity contribution in [3.05, 3.63) is 65.3 Å². The number of carbonyl (C=O) groups excluding carboxylic acids is 1. The fraction of sp³-hybridized carbons (Fsp3) is 0.0909. The Balaban J connectivity index is 1.53. The van der Waals surface area contributed by atoms with Gasteiger partial charge < -0.3 is 21.4 Å². The van der Waals surface area contributed by atoms with Gasteiger partial charge in [0.1, 0.15) is 24.2 Å². The molecule has 3 heterocycles. The zero-order valence-electron chi connectivity index (χ0n) is 18.0.